The molecule has 1 atom stereocenters. The summed E-state index contributed by atoms with van der Waals surface area (Å²) in [4.78, 5) is 0. The lowest BCUT2D eigenvalue weighted by Crippen LogP contribution is -2.34. The molecule has 0 fully saturated rings. The van der Waals surface area contributed by atoms with E-state index < -0.39 is 0 Å². The molecule has 0 saturated heterocycles. The van der Waals surface area contributed by atoms with E-state index in [0.717, 1.165) is 37.3 Å². The van der Waals surface area contributed by atoms with Gasteiger partial charge in [-0.15, -0.1) is 0 Å². The van der Waals surface area contributed by atoms with Gasteiger partial charge in [-0.1, -0.05) is 27.2 Å². The minimum absolute atomic E-state index is 0.347. The Balaban J connectivity index is 2.64. The largest absolute Gasteiger partial charge is 0.496 e. The third-order valence-electron chi connectivity index (χ3n) is 4.12. The maximum absolute atomic E-state index is 5.78. The fourth-order valence-corrected chi connectivity index (χ4v) is 3.24. The van der Waals surface area contributed by atoms with Crippen molar-refractivity contribution >= 4 is 0 Å². The minimum Gasteiger partial charge on any atom is -0.496 e. The van der Waals surface area contributed by atoms with Crippen LogP contribution in [-0.2, 0) is 12.8 Å². The van der Waals surface area contributed by atoms with Crippen LogP contribution in [-0.4, -0.2) is 20.8 Å². The third kappa shape index (κ3) is 2.64. The molecule has 0 spiro atoms. The minimum atomic E-state index is 0.347. The van der Waals surface area contributed by atoms with Crippen LogP contribution < -0.4 is 14.8 Å². The van der Waals surface area contributed by atoms with Crippen molar-refractivity contribution in [3.05, 3.63) is 22.8 Å². The van der Waals surface area contributed by atoms with E-state index in [1.807, 2.05) is 0 Å². The van der Waals surface area contributed by atoms with E-state index >= 15 is 0 Å². The number of benzene rings is 1. The van der Waals surface area contributed by atoms with E-state index in [0.29, 0.717) is 12.0 Å². The molecule has 3 nitrogen and oxygen atoms in total. The molecule has 0 aliphatic carbocycles. The Hall–Kier alpha value is -1.22. The SMILES string of the molecule is CCCc1cc(OC)c2c(c1OC)C(C(C)C)NCC2. The molecule has 0 radical (unpaired) electrons. The lowest BCUT2D eigenvalue weighted by molar-refractivity contribution is 0.343. The Morgan fingerprint density at radius 3 is 2.60 bits per heavy atom. The fourth-order valence-electron chi connectivity index (χ4n) is 3.24. The first-order valence-corrected chi connectivity index (χ1v) is 7.64. The summed E-state index contributed by atoms with van der Waals surface area (Å²) in [5.74, 6) is 2.62. The van der Waals surface area contributed by atoms with Crippen LogP contribution in [0, 0.1) is 5.92 Å². The molecule has 1 aliphatic rings. The molecule has 0 aromatic heterocycles. The van der Waals surface area contributed by atoms with Gasteiger partial charge in [0.15, 0.2) is 0 Å². The van der Waals surface area contributed by atoms with Crippen molar-refractivity contribution in [2.75, 3.05) is 20.8 Å². The zero-order valence-electron chi connectivity index (χ0n) is 13.4. The number of aryl methyl sites for hydroxylation is 1. The summed E-state index contributed by atoms with van der Waals surface area (Å²) >= 11 is 0. The van der Waals surface area contributed by atoms with Crippen LogP contribution in [0.4, 0.5) is 0 Å². The second kappa shape index (κ2) is 6.49. The van der Waals surface area contributed by atoms with Crippen LogP contribution >= 0.6 is 0 Å². The van der Waals surface area contributed by atoms with Gasteiger partial charge < -0.3 is 14.8 Å². The van der Waals surface area contributed by atoms with Crippen molar-refractivity contribution in [2.24, 2.45) is 5.92 Å². The molecule has 0 bridgehead atoms. The van der Waals surface area contributed by atoms with Crippen LogP contribution in [0.1, 0.15) is 49.9 Å². The highest BCUT2D eigenvalue weighted by atomic mass is 16.5. The maximum atomic E-state index is 5.78. The summed E-state index contributed by atoms with van der Waals surface area (Å²) in [5, 5.41) is 3.63. The zero-order chi connectivity index (χ0) is 14.7. The molecule has 0 saturated carbocycles. The highest BCUT2D eigenvalue weighted by molar-refractivity contribution is 5.56. The van der Waals surface area contributed by atoms with Gasteiger partial charge >= 0.3 is 0 Å². The van der Waals surface area contributed by atoms with Crippen molar-refractivity contribution in [3.8, 4) is 11.5 Å². The first-order chi connectivity index (χ1) is 9.63. The quantitative estimate of drug-likeness (QED) is 0.893. The molecule has 3 heteroatoms. The zero-order valence-corrected chi connectivity index (χ0v) is 13.4. The van der Waals surface area contributed by atoms with Gasteiger partial charge in [-0.25, -0.2) is 0 Å². The Bertz CT molecular complexity index is 469. The number of hydrogen-bond donors (Lipinski definition) is 1. The summed E-state index contributed by atoms with van der Waals surface area (Å²) in [6.45, 7) is 7.71. The summed E-state index contributed by atoms with van der Waals surface area (Å²) in [6, 6.07) is 2.52. The fraction of sp³-hybridized carbons (Fsp3) is 0.647. The van der Waals surface area contributed by atoms with E-state index in [2.05, 4.69) is 32.2 Å². The summed E-state index contributed by atoms with van der Waals surface area (Å²) in [5.41, 5.74) is 3.90. The predicted molar refractivity (Wildman–Crippen MR) is 82.8 cm³/mol. The van der Waals surface area contributed by atoms with Crippen LogP contribution in [0.15, 0.2) is 6.07 Å². The molecular formula is C17H27NO2. The lowest BCUT2D eigenvalue weighted by Gasteiger charge is -2.33. The van der Waals surface area contributed by atoms with Gasteiger partial charge in [0.1, 0.15) is 11.5 Å². The highest BCUT2D eigenvalue weighted by Gasteiger charge is 2.30. The molecule has 20 heavy (non-hydrogen) atoms. The second-order valence-electron chi connectivity index (χ2n) is 5.84. The van der Waals surface area contributed by atoms with Crippen molar-refractivity contribution < 1.29 is 9.47 Å². The number of nitrogens with one attached hydrogen (secondary N) is 1. The second-order valence-corrected chi connectivity index (χ2v) is 5.84. The molecular weight excluding hydrogens is 250 g/mol. The predicted octanol–water partition coefficient (Wildman–Crippen LogP) is 3.50. The molecule has 1 N–H and O–H groups in total. The number of ether oxygens (including phenoxy) is 2. The monoisotopic (exact) mass is 277 g/mol. The number of hydrogen-bond acceptors (Lipinski definition) is 3. The smallest absolute Gasteiger partial charge is 0.127 e. The van der Waals surface area contributed by atoms with E-state index in [1.54, 1.807) is 14.2 Å². The summed E-state index contributed by atoms with van der Waals surface area (Å²) in [6.07, 6.45) is 3.14. The maximum Gasteiger partial charge on any atom is 0.127 e. The Morgan fingerprint density at radius 1 is 1.30 bits per heavy atom. The average Bonchev–Trinajstić information content (AvgIpc) is 2.45. The van der Waals surface area contributed by atoms with Crippen LogP contribution in [0.3, 0.4) is 0 Å². The Kier molecular flexibility index (Phi) is 4.92. The van der Waals surface area contributed by atoms with Crippen molar-refractivity contribution in [1.29, 1.82) is 0 Å². The lowest BCUT2D eigenvalue weighted by atomic mass is 9.84. The summed E-state index contributed by atoms with van der Waals surface area (Å²) in [7, 11) is 3.55. The Morgan fingerprint density at radius 2 is 2.05 bits per heavy atom. The first-order valence-electron chi connectivity index (χ1n) is 7.64. The van der Waals surface area contributed by atoms with Gasteiger partial charge in [0.2, 0.25) is 0 Å². The molecule has 1 heterocycles. The topological polar surface area (TPSA) is 30.5 Å². The van der Waals surface area contributed by atoms with Gasteiger partial charge in [0, 0.05) is 17.2 Å². The molecule has 1 aromatic carbocycles. The van der Waals surface area contributed by atoms with Crippen molar-refractivity contribution in [3.63, 3.8) is 0 Å². The van der Waals surface area contributed by atoms with E-state index in [1.165, 1.54) is 16.7 Å². The van der Waals surface area contributed by atoms with Crippen molar-refractivity contribution in [2.45, 2.75) is 46.1 Å². The van der Waals surface area contributed by atoms with Crippen LogP contribution in [0.5, 0.6) is 11.5 Å². The first kappa shape index (κ1) is 15.2. The van der Waals surface area contributed by atoms with Crippen LogP contribution in [0.2, 0.25) is 0 Å². The van der Waals surface area contributed by atoms with Crippen molar-refractivity contribution in [1.82, 2.24) is 5.32 Å². The molecule has 1 unspecified atom stereocenters. The van der Waals surface area contributed by atoms with E-state index in [4.69, 9.17) is 9.47 Å². The normalized spacial score (nSPS) is 18.0. The average molecular weight is 277 g/mol. The third-order valence-corrected chi connectivity index (χ3v) is 4.12. The standard InChI is InChI=1S/C17H27NO2/c1-6-7-12-10-14(19-4)13-8-9-18-16(11(2)3)15(13)17(12)20-5/h10-11,16,18H,6-9H2,1-5H3. The highest BCUT2D eigenvalue weighted by Crippen LogP contribution is 2.43. The molecule has 2 rings (SSSR count). The molecule has 1 aliphatic heterocycles. The molecule has 112 valence electrons. The van der Waals surface area contributed by atoms with Crippen LogP contribution in [0.25, 0.3) is 0 Å². The number of fused-ring (bicyclic) bond motifs is 1. The molecule has 0 amide bonds. The van der Waals surface area contributed by atoms with Gasteiger partial charge in [-0.05, 0) is 36.9 Å². The van der Waals surface area contributed by atoms with E-state index in [-0.39, 0.29) is 0 Å². The number of methoxy groups -OCH3 is 2. The van der Waals surface area contributed by atoms with Gasteiger partial charge in [-0.2, -0.15) is 0 Å². The van der Waals surface area contributed by atoms with E-state index in [9.17, 15) is 0 Å². The van der Waals surface area contributed by atoms with Gasteiger partial charge in [0.25, 0.3) is 0 Å². The molecule has 1 aromatic rings. The number of rotatable bonds is 5. The Labute approximate surface area is 122 Å². The summed E-state index contributed by atoms with van der Waals surface area (Å²) < 4.78 is 11.4. The van der Waals surface area contributed by atoms with Gasteiger partial charge in [-0.3, -0.25) is 0 Å². The van der Waals surface area contributed by atoms with Gasteiger partial charge in [0.05, 0.1) is 14.2 Å².